The number of azide groups is 2. The van der Waals surface area contributed by atoms with Gasteiger partial charge in [-0.1, -0.05) is 20.4 Å². The van der Waals surface area contributed by atoms with Crippen molar-refractivity contribution in [2.45, 2.75) is 0 Å². The van der Waals surface area contributed by atoms with E-state index in [-0.39, 0.29) is 11.0 Å². The Balaban J connectivity index is 2.33. The fourth-order valence-electron chi connectivity index (χ4n) is 3.29. The molecule has 0 aliphatic heterocycles. The number of nitro benzene ring substituents is 4. The molecular weight excluding hydrogens is 468 g/mol. The molecule has 2 heterocycles. The van der Waals surface area contributed by atoms with Crippen LogP contribution in [0.2, 0.25) is 0 Å². The largest absolute Gasteiger partial charge is 0.356 e. The molecule has 2 aromatic heterocycles. The number of nitro groups is 4. The van der Waals surface area contributed by atoms with Crippen molar-refractivity contribution in [3.05, 3.63) is 73.5 Å². The zero-order valence-corrected chi connectivity index (χ0v) is 15.7. The molecule has 0 N–H and O–H groups in total. The van der Waals surface area contributed by atoms with Crippen molar-refractivity contribution < 1.29 is 24.4 Å². The number of fused-ring (bicyclic) bond motifs is 5. The molecule has 22 heteroatoms. The van der Waals surface area contributed by atoms with Gasteiger partial charge in [-0.15, -0.1) is 0 Å². The molecule has 4 rings (SSSR count). The van der Waals surface area contributed by atoms with Crippen molar-refractivity contribution in [1.82, 2.24) is 14.7 Å². The van der Waals surface area contributed by atoms with Gasteiger partial charge in [-0.3, -0.25) is 40.5 Å². The summed E-state index contributed by atoms with van der Waals surface area (Å²) in [5, 5.41) is 59.9. The standard InChI is InChI=1S/C12H2N14O8/c13-19-15-9-7-3(1-5(22(27)28)11(9)24(31)32)21-4-2-6(23(29)30)12(25(33)34)10(16-20-14)8(4)18-26(21)17-7/h1-2H. The molecule has 0 saturated carbocycles. The smallest absolute Gasteiger partial charge is 0.258 e. The van der Waals surface area contributed by atoms with Crippen molar-refractivity contribution >= 4 is 56.2 Å². The second kappa shape index (κ2) is 7.23. The summed E-state index contributed by atoms with van der Waals surface area (Å²) >= 11 is 0. The Morgan fingerprint density at radius 1 is 0.853 bits per heavy atom. The van der Waals surface area contributed by atoms with Crippen LogP contribution in [0, 0.1) is 40.5 Å². The summed E-state index contributed by atoms with van der Waals surface area (Å²) in [7, 11) is 0. The number of rotatable bonds is 6. The molecule has 0 atom stereocenters. The molecule has 0 bridgehead atoms. The Morgan fingerprint density at radius 3 is 1.85 bits per heavy atom. The van der Waals surface area contributed by atoms with Crippen molar-refractivity contribution in [1.29, 1.82) is 0 Å². The molecule has 4 aromatic rings. The molecule has 0 amide bonds. The van der Waals surface area contributed by atoms with Crippen LogP contribution in [0.4, 0.5) is 34.1 Å². The maximum atomic E-state index is 11.5. The number of benzene rings is 2. The molecule has 34 heavy (non-hydrogen) atoms. The SMILES string of the molecule is [N-]=[N+]=Nc1c([N+](=O)[O-])c([N+](=O)[O-])cc2c1n[n+]1[n-]c3c(N=[N+]=[N-])c([N+](=O)[O-])c([N+](=O)[O-])cc3n21. The van der Waals surface area contributed by atoms with E-state index in [4.69, 9.17) is 11.1 Å². The molecular formula is C12H2N14O8. The van der Waals surface area contributed by atoms with Crippen molar-refractivity contribution in [2.24, 2.45) is 10.2 Å². The van der Waals surface area contributed by atoms with Gasteiger partial charge in [-0.05, 0) is 15.8 Å². The van der Waals surface area contributed by atoms with E-state index in [9.17, 15) is 40.5 Å². The topological polar surface area (TPSA) is 306 Å². The van der Waals surface area contributed by atoms with Crippen LogP contribution >= 0.6 is 0 Å². The van der Waals surface area contributed by atoms with E-state index in [1.807, 2.05) is 0 Å². The van der Waals surface area contributed by atoms with Gasteiger partial charge in [0.1, 0.15) is 11.4 Å². The molecule has 0 aliphatic carbocycles. The van der Waals surface area contributed by atoms with Crippen LogP contribution < -0.4 is 9.84 Å². The first kappa shape index (κ1) is 21.1. The van der Waals surface area contributed by atoms with Crippen LogP contribution in [0.3, 0.4) is 0 Å². The van der Waals surface area contributed by atoms with Gasteiger partial charge in [-0.2, -0.15) is 4.52 Å². The molecule has 0 unspecified atom stereocenters. The highest BCUT2D eigenvalue weighted by atomic mass is 16.6. The van der Waals surface area contributed by atoms with E-state index in [0.29, 0.717) is 16.9 Å². The zero-order chi connectivity index (χ0) is 24.9. The number of hydrogen-bond acceptors (Lipinski definition) is 11. The number of aromatic nitrogens is 4. The second-order valence-corrected chi connectivity index (χ2v) is 6.11. The van der Waals surface area contributed by atoms with E-state index < -0.39 is 64.9 Å². The molecule has 0 fully saturated rings. The van der Waals surface area contributed by atoms with Gasteiger partial charge in [0, 0.05) is 22.0 Å². The Labute approximate surface area is 180 Å². The second-order valence-electron chi connectivity index (χ2n) is 6.11. The van der Waals surface area contributed by atoms with E-state index in [1.54, 1.807) is 0 Å². The van der Waals surface area contributed by atoms with Crippen molar-refractivity contribution in [3.8, 4) is 0 Å². The van der Waals surface area contributed by atoms with E-state index in [2.05, 4.69) is 30.2 Å². The van der Waals surface area contributed by atoms with Gasteiger partial charge >= 0.3 is 22.7 Å². The maximum absolute atomic E-state index is 11.5. The third-order valence-corrected chi connectivity index (χ3v) is 4.48. The molecule has 22 nitrogen and oxygen atoms in total. The Bertz CT molecular complexity index is 1610. The highest BCUT2D eigenvalue weighted by Crippen LogP contribution is 2.44. The predicted octanol–water partition coefficient (Wildman–Crippen LogP) is 2.70. The summed E-state index contributed by atoms with van der Waals surface area (Å²) in [5.41, 5.74) is 9.82. The van der Waals surface area contributed by atoms with Crippen molar-refractivity contribution in [2.75, 3.05) is 0 Å². The van der Waals surface area contributed by atoms with Gasteiger partial charge < -0.3 is 0 Å². The summed E-state index contributed by atoms with van der Waals surface area (Å²) in [4.78, 5) is 46.1. The van der Waals surface area contributed by atoms with Gasteiger partial charge in [0.2, 0.25) is 0 Å². The minimum atomic E-state index is -1.17. The lowest BCUT2D eigenvalue weighted by atomic mass is 10.2. The fourth-order valence-corrected chi connectivity index (χ4v) is 3.29. The van der Waals surface area contributed by atoms with Crippen LogP contribution in [0.5, 0.6) is 0 Å². The number of hydrogen-bond donors (Lipinski definition) is 0. The summed E-state index contributed by atoms with van der Waals surface area (Å²) in [6.07, 6.45) is 0. The van der Waals surface area contributed by atoms with Gasteiger partial charge in [-0.25, -0.2) is 0 Å². The van der Waals surface area contributed by atoms with Crippen molar-refractivity contribution in [3.63, 3.8) is 0 Å². The maximum Gasteiger partial charge on any atom is 0.356 e. The predicted molar refractivity (Wildman–Crippen MR) is 103 cm³/mol. The lowest BCUT2D eigenvalue weighted by Gasteiger charge is -2.02. The average molecular weight is 470 g/mol. The molecule has 168 valence electrons. The Hall–Kier alpha value is -6.14. The third kappa shape index (κ3) is 2.78. The summed E-state index contributed by atoms with van der Waals surface area (Å²) in [6, 6.07) is 1.36. The molecule has 0 aliphatic rings. The Kier molecular flexibility index (Phi) is 4.49. The quantitative estimate of drug-likeness (QED) is 0.0989. The summed E-state index contributed by atoms with van der Waals surface area (Å²) < 4.78 is 1.49. The van der Waals surface area contributed by atoms with E-state index >= 15 is 0 Å². The normalized spacial score (nSPS) is 10.7. The first-order valence-electron chi connectivity index (χ1n) is 8.25. The summed E-state index contributed by atoms with van der Waals surface area (Å²) in [6.45, 7) is 0. The highest BCUT2D eigenvalue weighted by molar-refractivity contribution is 6.00. The molecule has 2 aromatic carbocycles. The van der Waals surface area contributed by atoms with E-state index in [1.165, 1.54) is 0 Å². The van der Waals surface area contributed by atoms with Crippen LogP contribution in [-0.4, -0.2) is 29.3 Å². The van der Waals surface area contributed by atoms with Crippen LogP contribution in [-0.2, 0) is 0 Å². The lowest BCUT2D eigenvalue weighted by molar-refractivity contribution is -0.727. The van der Waals surface area contributed by atoms with Gasteiger partial charge in [0.15, 0.2) is 0 Å². The minimum absolute atomic E-state index is 0.336. The minimum Gasteiger partial charge on any atom is -0.258 e. The van der Waals surface area contributed by atoms with Gasteiger partial charge in [0.05, 0.1) is 41.8 Å². The monoisotopic (exact) mass is 470 g/mol. The fraction of sp³-hybridized carbons (Fsp3) is 0. The van der Waals surface area contributed by atoms with Gasteiger partial charge in [0.25, 0.3) is 0 Å². The molecule has 0 radical (unpaired) electrons. The zero-order valence-electron chi connectivity index (χ0n) is 15.7. The average Bonchev–Trinajstić information content (AvgIpc) is 3.29. The van der Waals surface area contributed by atoms with Crippen LogP contribution in [0.1, 0.15) is 0 Å². The first-order valence-corrected chi connectivity index (χ1v) is 8.25. The van der Waals surface area contributed by atoms with Crippen LogP contribution in [0.15, 0.2) is 22.4 Å². The number of nitrogens with zero attached hydrogens (tertiary/aromatic N) is 14. The third-order valence-electron chi connectivity index (χ3n) is 4.48. The van der Waals surface area contributed by atoms with Crippen LogP contribution in [0.25, 0.3) is 43.0 Å². The highest BCUT2D eigenvalue weighted by Gasteiger charge is 2.35. The van der Waals surface area contributed by atoms with E-state index in [0.717, 1.165) is 4.52 Å². The molecule has 0 saturated heterocycles. The lowest BCUT2D eigenvalue weighted by Crippen LogP contribution is -2.32. The Morgan fingerprint density at radius 2 is 1.35 bits per heavy atom. The summed E-state index contributed by atoms with van der Waals surface area (Å²) in [5.74, 6) is 0. The first-order chi connectivity index (χ1) is 16.1. The molecule has 0 spiro atoms.